The van der Waals surface area contributed by atoms with Gasteiger partial charge in [-0.2, -0.15) is 0 Å². The van der Waals surface area contributed by atoms with E-state index in [9.17, 15) is 0 Å². The van der Waals surface area contributed by atoms with Crippen molar-refractivity contribution in [2.75, 3.05) is 51.8 Å². The number of morpholine rings is 1. The van der Waals surface area contributed by atoms with E-state index in [1.165, 1.54) is 0 Å². The Morgan fingerprint density at radius 2 is 2.00 bits per heavy atom. The van der Waals surface area contributed by atoms with E-state index in [0.29, 0.717) is 0 Å². The fraction of sp³-hybridized carbons (Fsp3) is 1.00. The smallest absolute Gasteiger partial charge is 0.0594 e. The molecule has 1 heterocycles. The van der Waals surface area contributed by atoms with Crippen molar-refractivity contribution < 1.29 is 4.74 Å². The average Bonchev–Trinajstić information content (AvgIpc) is 2.19. The summed E-state index contributed by atoms with van der Waals surface area (Å²) in [6, 6.07) is 0. The lowest BCUT2D eigenvalue weighted by Gasteiger charge is -2.26. The molecule has 1 aliphatic rings. The molecular weight excluding hydrogens is 188 g/mol. The van der Waals surface area contributed by atoms with Crippen molar-refractivity contribution in [3.63, 3.8) is 0 Å². The van der Waals surface area contributed by atoms with E-state index in [0.717, 1.165) is 58.2 Å². The molecule has 1 saturated heterocycles. The van der Waals surface area contributed by atoms with Crippen LogP contribution in [-0.4, -0.2) is 56.7 Å². The monoisotopic (exact) mass is 206 g/mol. The molecule has 0 aliphatic carbocycles. The van der Waals surface area contributed by atoms with Gasteiger partial charge in [0, 0.05) is 32.1 Å². The second-order valence-electron chi connectivity index (χ2n) is 3.25. The molecule has 0 amide bonds. The Kier molecular flexibility index (Phi) is 6.54. The third-order valence-corrected chi connectivity index (χ3v) is 2.46. The fourth-order valence-corrected chi connectivity index (χ4v) is 1.51. The van der Waals surface area contributed by atoms with Crippen LogP contribution in [0.3, 0.4) is 0 Å². The first kappa shape index (κ1) is 11.2. The summed E-state index contributed by atoms with van der Waals surface area (Å²) in [6.45, 7) is 7.17. The highest BCUT2D eigenvalue weighted by Crippen LogP contribution is 1.94. The van der Waals surface area contributed by atoms with E-state index >= 15 is 0 Å². The summed E-state index contributed by atoms with van der Waals surface area (Å²) in [5.74, 6) is 0.755. The second kappa shape index (κ2) is 7.56. The van der Waals surface area contributed by atoms with E-state index in [2.05, 4.69) is 10.2 Å². The lowest BCUT2D eigenvalue weighted by atomic mass is 10.4. The summed E-state index contributed by atoms with van der Waals surface area (Å²) in [6.07, 6.45) is 1.06. The SMILES string of the molecule is ClCCCNCCN1CCOCC1. The number of nitrogens with one attached hydrogen (secondary N) is 1. The maximum Gasteiger partial charge on any atom is 0.0594 e. The van der Waals surface area contributed by atoms with Crippen molar-refractivity contribution in [2.45, 2.75) is 6.42 Å². The van der Waals surface area contributed by atoms with Crippen molar-refractivity contribution in [3.8, 4) is 0 Å². The lowest BCUT2D eigenvalue weighted by Crippen LogP contribution is -2.40. The number of nitrogens with zero attached hydrogens (tertiary/aromatic N) is 1. The first-order valence-corrected chi connectivity index (χ1v) is 5.53. The van der Waals surface area contributed by atoms with Crippen molar-refractivity contribution in [1.82, 2.24) is 10.2 Å². The standard InChI is InChI=1S/C9H19ClN2O/c10-2-1-3-11-4-5-12-6-8-13-9-7-12/h11H,1-9H2. The number of ether oxygens (including phenoxy) is 1. The Morgan fingerprint density at radius 3 is 2.69 bits per heavy atom. The van der Waals surface area contributed by atoms with Gasteiger partial charge in [0.15, 0.2) is 0 Å². The average molecular weight is 207 g/mol. The van der Waals surface area contributed by atoms with Crippen LogP contribution in [0, 0.1) is 0 Å². The number of rotatable bonds is 6. The van der Waals surface area contributed by atoms with Gasteiger partial charge in [-0.25, -0.2) is 0 Å². The van der Waals surface area contributed by atoms with Crippen molar-refractivity contribution in [2.24, 2.45) is 0 Å². The molecular formula is C9H19ClN2O. The largest absolute Gasteiger partial charge is 0.379 e. The molecule has 0 atom stereocenters. The van der Waals surface area contributed by atoms with E-state index < -0.39 is 0 Å². The zero-order valence-electron chi connectivity index (χ0n) is 8.10. The van der Waals surface area contributed by atoms with Crippen LogP contribution in [0.5, 0.6) is 0 Å². The minimum Gasteiger partial charge on any atom is -0.379 e. The van der Waals surface area contributed by atoms with Crippen molar-refractivity contribution in [1.29, 1.82) is 0 Å². The summed E-state index contributed by atoms with van der Waals surface area (Å²) in [5.41, 5.74) is 0. The van der Waals surface area contributed by atoms with Gasteiger partial charge in [-0.3, -0.25) is 4.90 Å². The van der Waals surface area contributed by atoms with Crippen LogP contribution in [0.4, 0.5) is 0 Å². The zero-order chi connectivity index (χ0) is 9.36. The summed E-state index contributed by atoms with van der Waals surface area (Å²) in [7, 11) is 0. The third-order valence-electron chi connectivity index (χ3n) is 2.20. The Morgan fingerprint density at radius 1 is 1.23 bits per heavy atom. The van der Waals surface area contributed by atoms with Crippen molar-refractivity contribution >= 4 is 11.6 Å². The van der Waals surface area contributed by atoms with Gasteiger partial charge in [0.05, 0.1) is 13.2 Å². The van der Waals surface area contributed by atoms with Crippen LogP contribution in [0.1, 0.15) is 6.42 Å². The van der Waals surface area contributed by atoms with Gasteiger partial charge in [-0.15, -0.1) is 11.6 Å². The van der Waals surface area contributed by atoms with E-state index in [-0.39, 0.29) is 0 Å². The first-order chi connectivity index (χ1) is 6.43. The summed E-state index contributed by atoms with van der Waals surface area (Å²) >= 11 is 5.56. The molecule has 78 valence electrons. The van der Waals surface area contributed by atoms with Crippen molar-refractivity contribution in [3.05, 3.63) is 0 Å². The molecule has 3 nitrogen and oxygen atoms in total. The molecule has 0 spiro atoms. The molecule has 1 fully saturated rings. The number of hydrogen-bond acceptors (Lipinski definition) is 3. The molecule has 0 aromatic carbocycles. The molecule has 0 radical (unpaired) electrons. The van der Waals surface area contributed by atoms with Gasteiger partial charge >= 0.3 is 0 Å². The maximum absolute atomic E-state index is 5.56. The Labute approximate surface area is 85.4 Å². The van der Waals surface area contributed by atoms with Crippen LogP contribution >= 0.6 is 11.6 Å². The molecule has 1 rings (SSSR count). The third kappa shape index (κ3) is 5.47. The van der Waals surface area contributed by atoms with Crippen LogP contribution in [0.2, 0.25) is 0 Å². The molecule has 0 aromatic heterocycles. The van der Waals surface area contributed by atoms with Gasteiger partial charge in [-0.05, 0) is 13.0 Å². The minimum atomic E-state index is 0.755. The predicted molar refractivity (Wildman–Crippen MR) is 55.5 cm³/mol. The van der Waals surface area contributed by atoms with Crippen LogP contribution < -0.4 is 5.32 Å². The molecule has 13 heavy (non-hydrogen) atoms. The molecule has 1 aliphatic heterocycles. The summed E-state index contributed by atoms with van der Waals surface area (Å²) < 4.78 is 5.27. The highest BCUT2D eigenvalue weighted by molar-refractivity contribution is 6.17. The normalized spacial score (nSPS) is 19.2. The second-order valence-corrected chi connectivity index (χ2v) is 3.62. The Hall–Kier alpha value is 0.170. The number of alkyl halides is 1. The highest BCUT2D eigenvalue weighted by atomic mass is 35.5. The fourth-order valence-electron chi connectivity index (χ4n) is 1.38. The Balaban J connectivity index is 1.86. The lowest BCUT2D eigenvalue weighted by molar-refractivity contribution is 0.0384. The van der Waals surface area contributed by atoms with E-state index in [4.69, 9.17) is 16.3 Å². The summed E-state index contributed by atoms with van der Waals surface area (Å²) in [5, 5.41) is 3.37. The van der Waals surface area contributed by atoms with Gasteiger partial charge < -0.3 is 10.1 Å². The van der Waals surface area contributed by atoms with Gasteiger partial charge in [-0.1, -0.05) is 0 Å². The molecule has 0 saturated carbocycles. The maximum atomic E-state index is 5.56. The van der Waals surface area contributed by atoms with E-state index in [1.54, 1.807) is 0 Å². The molecule has 0 bridgehead atoms. The van der Waals surface area contributed by atoms with Crippen LogP contribution in [-0.2, 0) is 4.74 Å². The van der Waals surface area contributed by atoms with Gasteiger partial charge in [0.2, 0.25) is 0 Å². The highest BCUT2D eigenvalue weighted by Gasteiger charge is 2.08. The summed E-state index contributed by atoms with van der Waals surface area (Å²) in [4.78, 5) is 2.43. The molecule has 1 N–H and O–H groups in total. The number of halogens is 1. The van der Waals surface area contributed by atoms with Crippen LogP contribution in [0.25, 0.3) is 0 Å². The van der Waals surface area contributed by atoms with E-state index in [1.807, 2.05) is 0 Å². The minimum absolute atomic E-state index is 0.755. The molecule has 0 unspecified atom stereocenters. The first-order valence-electron chi connectivity index (χ1n) is 5.00. The zero-order valence-corrected chi connectivity index (χ0v) is 8.85. The van der Waals surface area contributed by atoms with Crippen LogP contribution in [0.15, 0.2) is 0 Å². The molecule has 0 aromatic rings. The van der Waals surface area contributed by atoms with Gasteiger partial charge in [0.1, 0.15) is 0 Å². The quantitative estimate of drug-likeness (QED) is 0.507. The molecule has 4 heteroatoms. The van der Waals surface area contributed by atoms with Gasteiger partial charge in [0.25, 0.3) is 0 Å². The predicted octanol–water partition coefficient (Wildman–Crippen LogP) is 0.537. The number of hydrogen-bond donors (Lipinski definition) is 1. The topological polar surface area (TPSA) is 24.5 Å². The Bertz CT molecular complexity index is 118.